The van der Waals surface area contributed by atoms with Gasteiger partial charge in [0.1, 0.15) is 0 Å². The van der Waals surface area contributed by atoms with Crippen LogP contribution in [0.4, 0.5) is 0 Å². The molecule has 0 spiro atoms. The Kier molecular flexibility index (Phi) is 3.50. The van der Waals surface area contributed by atoms with E-state index in [9.17, 15) is 4.79 Å². The lowest BCUT2D eigenvalue weighted by atomic mass is 10.1. The smallest absolute Gasteiger partial charge is 0.254 e. The molecule has 0 aliphatic rings. The minimum Gasteiger partial charge on any atom is -0.291 e. The van der Waals surface area contributed by atoms with E-state index in [2.05, 4.69) is 13.8 Å². The minimum atomic E-state index is 0.0191. The van der Waals surface area contributed by atoms with Crippen LogP contribution in [0.15, 0.2) is 36.7 Å². The summed E-state index contributed by atoms with van der Waals surface area (Å²) in [6, 6.07) is 3.68. The van der Waals surface area contributed by atoms with Gasteiger partial charge in [-0.15, -0.1) is 0 Å². The molecule has 1 heterocycles. The molecule has 70 valence electrons. The lowest BCUT2D eigenvalue weighted by molar-refractivity contribution is 0.0969. The first-order chi connectivity index (χ1) is 6.20. The van der Waals surface area contributed by atoms with Crippen LogP contribution in [0.5, 0.6) is 0 Å². The topological polar surface area (TPSA) is 22.0 Å². The number of nitrogens with zero attached hydrogens (tertiary/aromatic N) is 1. The average Bonchev–Trinajstić information content (AvgIpc) is 2.55. The van der Waals surface area contributed by atoms with Crippen LogP contribution in [0.2, 0.25) is 0 Å². The van der Waals surface area contributed by atoms with E-state index in [1.165, 1.54) is 0 Å². The van der Waals surface area contributed by atoms with Crippen molar-refractivity contribution in [1.82, 2.24) is 4.57 Å². The highest BCUT2D eigenvalue weighted by atomic mass is 16.1. The van der Waals surface area contributed by atoms with E-state index in [1.807, 2.05) is 18.2 Å². The monoisotopic (exact) mass is 177 g/mol. The molecular weight excluding hydrogens is 162 g/mol. The third kappa shape index (κ3) is 3.28. The van der Waals surface area contributed by atoms with E-state index >= 15 is 0 Å². The molecule has 0 N–H and O–H groups in total. The molecule has 0 amide bonds. The van der Waals surface area contributed by atoms with Gasteiger partial charge in [0, 0.05) is 12.4 Å². The van der Waals surface area contributed by atoms with Crippen molar-refractivity contribution in [3.8, 4) is 0 Å². The van der Waals surface area contributed by atoms with Gasteiger partial charge in [-0.1, -0.05) is 19.9 Å². The van der Waals surface area contributed by atoms with Crippen molar-refractivity contribution in [3.63, 3.8) is 0 Å². The fourth-order valence-electron chi connectivity index (χ4n) is 1.01. The van der Waals surface area contributed by atoms with Crippen LogP contribution in [0, 0.1) is 5.92 Å². The predicted molar refractivity (Wildman–Crippen MR) is 53.7 cm³/mol. The molecule has 13 heavy (non-hydrogen) atoms. The molecule has 0 saturated heterocycles. The number of hydrogen-bond acceptors (Lipinski definition) is 1. The lowest BCUT2D eigenvalue weighted by Crippen LogP contribution is -2.03. The Morgan fingerprint density at radius 3 is 2.54 bits per heavy atom. The van der Waals surface area contributed by atoms with Crippen molar-refractivity contribution in [2.45, 2.75) is 20.3 Å². The van der Waals surface area contributed by atoms with Gasteiger partial charge in [-0.3, -0.25) is 9.36 Å². The number of rotatable bonds is 3. The SMILES string of the molecule is CC(C)CC=CC(=O)n1cccc1. The molecule has 1 aromatic heterocycles. The molecule has 0 atom stereocenters. The summed E-state index contributed by atoms with van der Waals surface area (Å²) in [6.07, 6.45) is 8.00. The van der Waals surface area contributed by atoms with Crippen LogP contribution in [0.25, 0.3) is 0 Å². The summed E-state index contributed by atoms with van der Waals surface area (Å²) in [5.41, 5.74) is 0. The fourth-order valence-corrected chi connectivity index (χ4v) is 1.01. The van der Waals surface area contributed by atoms with Crippen molar-refractivity contribution in [2.24, 2.45) is 5.92 Å². The first kappa shape index (κ1) is 9.78. The molecule has 0 radical (unpaired) electrons. The number of carbonyl (C=O) groups is 1. The van der Waals surface area contributed by atoms with Gasteiger partial charge in [-0.25, -0.2) is 0 Å². The van der Waals surface area contributed by atoms with Gasteiger partial charge >= 0.3 is 0 Å². The highest BCUT2D eigenvalue weighted by Crippen LogP contribution is 2.00. The molecule has 2 nitrogen and oxygen atoms in total. The molecule has 1 aromatic rings. The first-order valence-electron chi connectivity index (χ1n) is 4.54. The zero-order valence-corrected chi connectivity index (χ0v) is 8.10. The van der Waals surface area contributed by atoms with Gasteiger partial charge in [-0.2, -0.15) is 0 Å². The number of aromatic nitrogens is 1. The van der Waals surface area contributed by atoms with Crippen LogP contribution in [-0.2, 0) is 0 Å². The largest absolute Gasteiger partial charge is 0.291 e. The standard InChI is InChI=1S/C11H15NO/c1-10(2)6-5-7-11(13)12-8-3-4-9-12/h3-5,7-10H,6H2,1-2H3. The number of allylic oxidation sites excluding steroid dienone is 2. The van der Waals surface area contributed by atoms with Crippen LogP contribution in [-0.4, -0.2) is 10.5 Å². The van der Waals surface area contributed by atoms with Crippen LogP contribution in [0.1, 0.15) is 25.1 Å². The maximum Gasteiger partial charge on any atom is 0.254 e. The first-order valence-corrected chi connectivity index (χ1v) is 4.54. The summed E-state index contributed by atoms with van der Waals surface area (Å²) < 4.78 is 1.57. The maximum absolute atomic E-state index is 11.4. The average molecular weight is 177 g/mol. The van der Waals surface area contributed by atoms with Crippen molar-refractivity contribution >= 4 is 5.91 Å². The van der Waals surface area contributed by atoms with Crippen molar-refractivity contribution < 1.29 is 4.79 Å². The fraction of sp³-hybridized carbons (Fsp3) is 0.364. The van der Waals surface area contributed by atoms with E-state index in [0.717, 1.165) is 6.42 Å². The number of hydrogen-bond donors (Lipinski definition) is 0. The van der Waals surface area contributed by atoms with Crippen molar-refractivity contribution in [2.75, 3.05) is 0 Å². The second kappa shape index (κ2) is 4.65. The highest BCUT2D eigenvalue weighted by Gasteiger charge is 1.96. The summed E-state index contributed by atoms with van der Waals surface area (Å²) in [7, 11) is 0. The molecule has 0 aliphatic heterocycles. The second-order valence-corrected chi connectivity index (χ2v) is 3.46. The van der Waals surface area contributed by atoms with Gasteiger partial charge in [0.05, 0.1) is 0 Å². The Labute approximate surface area is 78.9 Å². The van der Waals surface area contributed by atoms with E-state index in [-0.39, 0.29) is 5.91 Å². The lowest BCUT2D eigenvalue weighted by Gasteiger charge is -1.97. The van der Waals surface area contributed by atoms with Crippen LogP contribution in [0.3, 0.4) is 0 Å². The van der Waals surface area contributed by atoms with E-state index in [0.29, 0.717) is 5.92 Å². The third-order valence-electron chi connectivity index (χ3n) is 1.73. The summed E-state index contributed by atoms with van der Waals surface area (Å²) in [5.74, 6) is 0.624. The normalized spacial score (nSPS) is 11.3. The van der Waals surface area contributed by atoms with Gasteiger partial charge in [0.25, 0.3) is 5.91 Å². The summed E-state index contributed by atoms with van der Waals surface area (Å²) in [5, 5.41) is 0. The Hall–Kier alpha value is -1.31. The molecule has 1 rings (SSSR count). The molecule has 0 saturated carbocycles. The molecule has 0 fully saturated rings. The van der Waals surface area contributed by atoms with E-state index < -0.39 is 0 Å². The summed E-state index contributed by atoms with van der Waals surface area (Å²) in [6.45, 7) is 4.26. The minimum absolute atomic E-state index is 0.0191. The zero-order chi connectivity index (χ0) is 9.68. The zero-order valence-electron chi connectivity index (χ0n) is 8.10. The van der Waals surface area contributed by atoms with Crippen LogP contribution >= 0.6 is 0 Å². The Morgan fingerprint density at radius 2 is 2.00 bits per heavy atom. The Balaban J connectivity index is 2.47. The van der Waals surface area contributed by atoms with Crippen molar-refractivity contribution in [1.29, 1.82) is 0 Å². The van der Waals surface area contributed by atoms with Crippen molar-refractivity contribution in [3.05, 3.63) is 36.7 Å². The molecule has 0 aromatic carbocycles. The predicted octanol–water partition coefficient (Wildman–Crippen LogP) is 2.73. The number of carbonyl (C=O) groups excluding carboxylic acids is 1. The molecule has 2 heteroatoms. The molecule has 0 bridgehead atoms. The molecule has 0 unspecified atom stereocenters. The summed E-state index contributed by atoms with van der Waals surface area (Å²) in [4.78, 5) is 11.4. The van der Waals surface area contributed by atoms with Gasteiger partial charge in [0.15, 0.2) is 0 Å². The second-order valence-electron chi connectivity index (χ2n) is 3.46. The van der Waals surface area contributed by atoms with Gasteiger partial charge in [0.2, 0.25) is 0 Å². The Morgan fingerprint density at radius 1 is 1.38 bits per heavy atom. The Bertz CT molecular complexity index is 283. The van der Waals surface area contributed by atoms with Gasteiger partial charge < -0.3 is 0 Å². The molecular formula is C11H15NO. The quantitative estimate of drug-likeness (QED) is 0.651. The van der Waals surface area contributed by atoms with E-state index in [1.54, 1.807) is 23.0 Å². The maximum atomic E-state index is 11.4. The van der Waals surface area contributed by atoms with E-state index in [4.69, 9.17) is 0 Å². The summed E-state index contributed by atoms with van der Waals surface area (Å²) >= 11 is 0. The van der Waals surface area contributed by atoms with Crippen LogP contribution < -0.4 is 0 Å². The molecule has 0 aliphatic carbocycles. The van der Waals surface area contributed by atoms with Gasteiger partial charge in [-0.05, 0) is 30.5 Å². The highest BCUT2D eigenvalue weighted by molar-refractivity contribution is 5.89. The third-order valence-corrected chi connectivity index (χ3v) is 1.73.